The fourth-order valence-corrected chi connectivity index (χ4v) is 5.83. The van der Waals surface area contributed by atoms with Gasteiger partial charge in [0.25, 0.3) is 10.0 Å². The van der Waals surface area contributed by atoms with Gasteiger partial charge in [-0.25, -0.2) is 8.42 Å². The largest absolute Gasteiger partial charge is 0.466 e. The van der Waals surface area contributed by atoms with Crippen molar-refractivity contribution in [1.29, 1.82) is 0 Å². The van der Waals surface area contributed by atoms with Crippen molar-refractivity contribution in [1.82, 2.24) is 5.48 Å². The number of sulfonamides is 1. The molecule has 0 bridgehead atoms. The van der Waals surface area contributed by atoms with Crippen LogP contribution in [0.2, 0.25) is 0 Å². The lowest BCUT2D eigenvalue weighted by atomic mass is 9.86. The topological polar surface area (TPSA) is 84.9 Å². The second kappa shape index (κ2) is 11.0. The standard InChI is InChI=1S/C27H30N2O5S/c1-3-33-26(30)17-22-18-29(35(31,32)23-15-13-20(2)14-16-23)25-12-8-7-11-24(25)27(22)28-34-19-21-9-5-4-6-10-21/h4-16,22,27-28H,3,17-19H2,1-2H3/t22-,27+/m0/s1. The van der Waals surface area contributed by atoms with Crippen LogP contribution in [-0.4, -0.2) is 27.5 Å². The quantitative estimate of drug-likeness (QED) is 0.347. The van der Waals surface area contributed by atoms with Gasteiger partial charge in [0.15, 0.2) is 0 Å². The highest BCUT2D eigenvalue weighted by molar-refractivity contribution is 7.92. The number of para-hydroxylation sites is 1. The summed E-state index contributed by atoms with van der Waals surface area (Å²) in [7, 11) is -3.85. The number of nitrogens with one attached hydrogen (secondary N) is 1. The van der Waals surface area contributed by atoms with E-state index >= 15 is 0 Å². The molecule has 35 heavy (non-hydrogen) atoms. The van der Waals surface area contributed by atoms with Crippen LogP contribution in [0.5, 0.6) is 0 Å². The monoisotopic (exact) mass is 494 g/mol. The smallest absolute Gasteiger partial charge is 0.306 e. The minimum atomic E-state index is -3.85. The maximum Gasteiger partial charge on any atom is 0.306 e. The van der Waals surface area contributed by atoms with Crippen LogP contribution in [0.15, 0.2) is 83.8 Å². The molecule has 184 valence electrons. The number of fused-ring (bicyclic) bond motifs is 1. The molecule has 0 aliphatic carbocycles. The Labute approximate surface area is 206 Å². The Hall–Kier alpha value is -3.20. The van der Waals surface area contributed by atoms with Gasteiger partial charge in [-0.15, -0.1) is 0 Å². The SMILES string of the molecule is CCOC(=O)C[C@H]1CN(S(=O)(=O)c2ccc(C)cc2)c2ccccc2[C@@H]1NOCc1ccccc1. The first kappa shape index (κ1) is 24.9. The Balaban J connectivity index is 1.67. The fraction of sp³-hybridized carbons (Fsp3) is 0.296. The summed E-state index contributed by atoms with van der Waals surface area (Å²) in [6.45, 7) is 4.36. The molecule has 0 amide bonds. The molecule has 7 nitrogen and oxygen atoms in total. The zero-order valence-electron chi connectivity index (χ0n) is 19.9. The molecule has 0 unspecified atom stereocenters. The number of hydrogen-bond donors (Lipinski definition) is 1. The Morgan fingerprint density at radius 2 is 1.69 bits per heavy atom. The van der Waals surface area contributed by atoms with Crippen LogP contribution in [0.25, 0.3) is 0 Å². The van der Waals surface area contributed by atoms with E-state index in [1.807, 2.05) is 55.5 Å². The third-order valence-corrected chi connectivity index (χ3v) is 7.84. The summed E-state index contributed by atoms with van der Waals surface area (Å²) in [5, 5.41) is 0. The van der Waals surface area contributed by atoms with Crippen LogP contribution in [0, 0.1) is 12.8 Å². The number of carbonyl (C=O) groups excluding carboxylic acids is 1. The van der Waals surface area contributed by atoms with Gasteiger partial charge in [-0.3, -0.25) is 13.9 Å². The molecule has 1 N–H and O–H groups in total. The number of benzene rings is 3. The number of nitrogens with zero attached hydrogens (tertiary/aromatic N) is 1. The average Bonchev–Trinajstić information content (AvgIpc) is 2.86. The molecule has 0 saturated carbocycles. The summed E-state index contributed by atoms with van der Waals surface area (Å²) in [6.07, 6.45) is 0.0501. The summed E-state index contributed by atoms with van der Waals surface area (Å²) in [6, 6.07) is 23.4. The molecule has 4 rings (SSSR count). The summed E-state index contributed by atoms with van der Waals surface area (Å²) < 4.78 is 34.0. The molecule has 0 spiro atoms. The summed E-state index contributed by atoms with van der Waals surface area (Å²) in [4.78, 5) is 18.5. The van der Waals surface area contributed by atoms with Gasteiger partial charge in [-0.05, 0) is 43.2 Å². The van der Waals surface area contributed by atoms with E-state index in [1.165, 1.54) is 4.31 Å². The predicted molar refractivity (Wildman–Crippen MR) is 134 cm³/mol. The molecule has 3 aromatic carbocycles. The van der Waals surface area contributed by atoms with Crippen LogP contribution in [0.4, 0.5) is 5.69 Å². The number of anilines is 1. The van der Waals surface area contributed by atoms with Crippen LogP contribution in [0.1, 0.15) is 36.1 Å². The van der Waals surface area contributed by atoms with E-state index in [-0.39, 0.29) is 30.4 Å². The van der Waals surface area contributed by atoms with Gasteiger partial charge in [0.05, 0.1) is 36.3 Å². The minimum Gasteiger partial charge on any atom is -0.466 e. The summed E-state index contributed by atoms with van der Waals surface area (Å²) in [5.41, 5.74) is 6.39. The van der Waals surface area contributed by atoms with Crippen LogP contribution in [-0.2, 0) is 31.0 Å². The van der Waals surface area contributed by atoms with E-state index in [2.05, 4.69) is 5.48 Å². The van der Waals surface area contributed by atoms with Gasteiger partial charge >= 0.3 is 5.97 Å². The molecule has 1 aliphatic rings. The highest BCUT2D eigenvalue weighted by atomic mass is 32.2. The lowest BCUT2D eigenvalue weighted by Crippen LogP contribution is -2.46. The van der Waals surface area contributed by atoms with Gasteiger partial charge in [-0.2, -0.15) is 5.48 Å². The van der Waals surface area contributed by atoms with Crippen LogP contribution >= 0.6 is 0 Å². The number of hydroxylamine groups is 1. The van der Waals surface area contributed by atoms with Crippen molar-refractivity contribution in [2.75, 3.05) is 17.5 Å². The Bertz CT molecular complexity index is 1250. The van der Waals surface area contributed by atoms with Crippen molar-refractivity contribution in [3.8, 4) is 0 Å². The maximum absolute atomic E-state index is 13.7. The highest BCUT2D eigenvalue weighted by Crippen LogP contribution is 2.41. The van der Waals surface area contributed by atoms with Crippen molar-refractivity contribution >= 4 is 21.7 Å². The Kier molecular flexibility index (Phi) is 7.85. The van der Waals surface area contributed by atoms with Gasteiger partial charge in [0.1, 0.15) is 0 Å². The molecule has 0 aromatic heterocycles. The number of esters is 1. The van der Waals surface area contributed by atoms with Gasteiger partial charge in [-0.1, -0.05) is 66.2 Å². The molecule has 0 fully saturated rings. The lowest BCUT2D eigenvalue weighted by molar-refractivity contribution is -0.145. The van der Waals surface area contributed by atoms with Crippen molar-refractivity contribution in [3.63, 3.8) is 0 Å². The molecule has 1 aliphatic heterocycles. The van der Waals surface area contributed by atoms with Crippen LogP contribution < -0.4 is 9.79 Å². The third kappa shape index (κ3) is 5.73. The van der Waals surface area contributed by atoms with E-state index in [4.69, 9.17) is 9.57 Å². The second-order valence-electron chi connectivity index (χ2n) is 8.55. The molecule has 8 heteroatoms. The first-order chi connectivity index (χ1) is 16.9. The number of hydrogen-bond acceptors (Lipinski definition) is 6. The van der Waals surface area contributed by atoms with E-state index in [9.17, 15) is 13.2 Å². The van der Waals surface area contributed by atoms with Gasteiger partial charge < -0.3 is 4.74 Å². The number of aryl methyl sites for hydroxylation is 1. The van der Waals surface area contributed by atoms with Crippen molar-refractivity contribution < 1.29 is 22.8 Å². The predicted octanol–water partition coefficient (Wildman–Crippen LogP) is 4.54. The third-order valence-electron chi connectivity index (χ3n) is 6.05. The second-order valence-corrected chi connectivity index (χ2v) is 10.4. The molecule has 1 heterocycles. The first-order valence-corrected chi connectivity index (χ1v) is 13.1. The van der Waals surface area contributed by atoms with Crippen molar-refractivity contribution in [2.45, 2.75) is 37.8 Å². The van der Waals surface area contributed by atoms with Crippen molar-refractivity contribution in [3.05, 3.63) is 95.6 Å². The van der Waals surface area contributed by atoms with E-state index < -0.39 is 22.0 Å². The van der Waals surface area contributed by atoms with E-state index in [1.54, 1.807) is 37.3 Å². The average molecular weight is 495 g/mol. The Morgan fingerprint density at radius 3 is 2.40 bits per heavy atom. The van der Waals surface area contributed by atoms with Gasteiger partial charge in [0, 0.05) is 12.5 Å². The Morgan fingerprint density at radius 1 is 1.00 bits per heavy atom. The molecule has 2 atom stereocenters. The summed E-state index contributed by atoms with van der Waals surface area (Å²) in [5.74, 6) is -0.778. The number of carbonyl (C=O) groups is 1. The zero-order chi connectivity index (χ0) is 24.8. The maximum atomic E-state index is 13.7. The van der Waals surface area contributed by atoms with Gasteiger partial charge in [0.2, 0.25) is 0 Å². The molecule has 3 aromatic rings. The highest BCUT2D eigenvalue weighted by Gasteiger charge is 2.40. The lowest BCUT2D eigenvalue weighted by Gasteiger charge is -2.40. The minimum absolute atomic E-state index is 0.0501. The normalized spacial score (nSPS) is 17.6. The van der Waals surface area contributed by atoms with E-state index in [0.29, 0.717) is 12.3 Å². The number of ether oxygens (including phenoxy) is 1. The molecule has 0 radical (unpaired) electrons. The van der Waals surface area contributed by atoms with Crippen LogP contribution in [0.3, 0.4) is 0 Å². The fourth-order valence-electron chi connectivity index (χ4n) is 4.28. The molecular formula is C27H30N2O5S. The van der Waals surface area contributed by atoms with E-state index in [0.717, 1.165) is 16.7 Å². The molecule has 0 saturated heterocycles. The van der Waals surface area contributed by atoms with Crippen molar-refractivity contribution in [2.24, 2.45) is 5.92 Å². The zero-order valence-corrected chi connectivity index (χ0v) is 20.7. The molecular weight excluding hydrogens is 464 g/mol. The number of rotatable bonds is 9. The first-order valence-electron chi connectivity index (χ1n) is 11.7. The summed E-state index contributed by atoms with van der Waals surface area (Å²) >= 11 is 0.